The number of benzene rings is 1. The number of carbonyl (C=O) groups excluding carboxylic acids is 1. The fourth-order valence-corrected chi connectivity index (χ4v) is 4.80. The minimum absolute atomic E-state index is 0.372. The van der Waals surface area contributed by atoms with Crippen molar-refractivity contribution in [2.75, 3.05) is 7.11 Å². The molecular weight excluding hydrogens is 362 g/mol. The second-order valence-corrected chi connectivity index (χ2v) is 9.30. The first-order chi connectivity index (χ1) is 12.8. The van der Waals surface area contributed by atoms with Gasteiger partial charge in [-0.3, -0.25) is 3.97 Å². The van der Waals surface area contributed by atoms with E-state index in [1.54, 1.807) is 49.7 Å². The molecule has 0 amide bonds. The number of carbonyl (C=O) groups is 1. The van der Waals surface area contributed by atoms with Gasteiger partial charge in [0, 0.05) is 12.4 Å². The molecule has 0 bridgehead atoms. The topological polar surface area (TPSA) is 65.4 Å². The van der Waals surface area contributed by atoms with E-state index in [0.717, 1.165) is 16.7 Å². The van der Waals surface area contributed by atoms with Crippen LogP contribution in [0.1, 0.15) is 36.2 Å². The quantitative estimate of drug-likeness (QED) is 0.736. The van der Waals surface area contributed by atoms with Crippen LogP contribution < -0.4 is 0 Å². The summed E-state index contributed by atoms with van der Waals surface area (Å²) in [6.45, 7) is 3.75. The maximum Gasteiger partial charge on any atom is 0.337 e. The van der Waals surface area contributed by atoms with E-state index in [-0.39, 0.29) is 5.97 Å². The third-order valence-corrected chi connectivity index (χ3v) is 7.30. The largest absolute Gasteiger partial charge is 0.465 e. The van der Waals surface area contributed by atoms with Crippen LogP contribution in [0.25, 0.3) is 0 Å². The van der Waals surface area contributed by atoms with Gasteiger partial charge in [0.25, 0.3) is 0 Å². The fourth-order valence-electron chi connectivity index (χ4n) is 3.26. The van der Waals surface area contributed by atoms with Crippen molar-refractivity contribution in [3.05, 3.63) is 83.2 Å². The normalized spacial score (nSPS) is 20.0. The molecule has 1 aromatic heterocycles. The van der Waals surface area contributed by atoms with E-state index < -0.39 is 14.8 Å². The first-order valence-corrected chi connectivity index (χ1v) is 10.1. The van der Waals surface area contributed by atoms with Crippen molar-refractivity contribution in [3.8, 4) is 0 Å². The lowest BCUT2D eigenvalue weighted by molar-refractivity contribution is 0.0600. The number of ether oxygens (including phenoxy) is 1. The summed E-state index contributed by atoms with van der Waals surface area (Å²) in [5, 5.41) is 0. The third-order valence-electron chi connectivity index (χ3n) is 5.04. The number of esters is 1. The highest BCUT2D eigenvalue weighted by Gasteiger charge is 2.40. The summed E-state index contributed by atoms with van der Waals surface area (Å²) >= 11 is 0. The Kier molecular flexibility index (Phi) is 5.11. The average molecular weight is 385 g/mol. The Morgan fingerprint density at radius 1 is 1.19 bits per heavy atom. The highest BCUT2D eigenvalue weighted by molar-refractivity contribution is 7.91. The zero-order valence-electron chi connectivity index (χ0n) is 15.7. The van der Waals surface area contributed by atoms with Crippen molar-refractivity contribution >= 4 is 16.0 Å². The number of aromatic nitrogens is 1. The molecule has 1 aliphatic rings. The van der Waals surface area contributed by atoms with Crippen LogP contribution in [-0.4, -0.2) is 30.2 Å². The second kappa shape index (κ2) is 7.19. The molecule has 1 aromatic carbocycles. The van der Waals surface area contributed by atoms with E-state index in [2.05, 4.69) is 0 Å². The smallest absolute Gasteiger partial charge is 0.337 e. The Hall–Kier alpha value is -2.60. The summed E-state index contributed by atoms with van der Waals surface area (Å²) in [6, 6.07) is 10.6. The molecule has 0 saturated carbocycles. The summed E-state index contributed by atoms with van der Waals surface area (Å²) in [5.41, 5.74) is 3.66. The fraction of sp³-hybridized carbons (Fsp3) is 0.286. The molecule has 1 heterocycles. The number of allylic oxidation sites excluding steroid dienone is 3. The molecule has 0 spiro atoms. The van der Waals surface area contributed by atoms with E-state index >= 15 is 0 Å². The molecular formula is C21H23NO4S. The highest BCUT2D eigenvalue weighted by Crippen LogP contribution is 2.36. The van der Waals surface area contributed by atoms with Gasteiger partial charge in [0.05, 0.1) is 12.7 Å². The molecule has 27 heavy (non-hydrogen) atoms. The SMILES string of the molecule is COC(=O)c1ccc(CC2=C(C)C=CC(C)(S(=O)(=O)n3cccc3)C2)cc1. The van der Waals surface area contributed by atoms with E-state index in [9.17, 15) is 13.2 Å². The summed E-state index contributed by atoms with van der Waals surface area (Å²) in [4.78, 5) is 11.6. The van der Waals surface area contributed by atoms with Gasteiger partial charge < -0.3 is 4.74 Å². The summed E-state index contributed by atoms with van der Waals surface area (Å²) < 4.78 is 31.1. The van der Waals surface area contributed by atoms with Crippen LogP contribution in [0, 0.1) is 0 Å². The van der Waals surface area contributed by atoms with Gasteiger partial charge in [-0.1, -0.05) is 35.4 Å². The number of hydrogen-bond acceptors (Lipinski definition) is 4. The Morgan fingerprint density at radius 3 is 2.41 bits per heavy atom. The molecule has 1 aliphatic carbocycles. The first kappa shape index (κ1) is 19.2. The predicted octanol–water partition coefficient (Wildman–Crippen LogP) is 3.73. The number of methoxy groups -OCH3 is 1. The minimum Gasteiger partial charge on any atom is -0.465 e. The standard InChI is InChI=1S/C21H23NO4S/c1-16-10-11-21(2,27(24,25)22-12-4-5-13-22)15-19(16)14-17-6-8-18(9-7-17)20(23)26-3/h4-13H,14-15H2,1-3H3. The van der Waals surface area contributed by atoms with Crippen LogP contribution in [0.4, 0.5) is 0 Å². The molecule has 1 atom stereocenters. The van der Waals surface area contributed by atoms with Gasteiger partial charge in [-0.15, -0.1) is 0 Å². The van der Waals surface area contributed by atoms with Gasteiger partial charge in [-0.05, 0) is 56.5 Å². The van der Waals surface area contributed by atoms with E-state index in [4.69, 9.17) is 4.74 Å². The maximum absolute atomic E-state index is 13.1. The molecule has 0 radical (unpaired) electrons. The lowest BCUT2D eigenvalue weighted by Gasteiger charge is -2.31. The molecule has 6 heteroatoms. The third kappa shape index (κ3) is 3.62. The Balaban J connectivity index is 1.84. The van der Waals surface area contributed by atoms with Crippen molar-refractivity contribution in [2.24, 2.45) is 0 Å². The van der Waals surface area contributed by atoms with Gasteiger partial charge in [0.1, 0.15) is 4.75 Å². The minimum atomic E-state index is -3.55. The van der Waals surface area contributed by atoms with E-state index in [1.165, 1.54) is 11.1 Å². The van der Waals surface area contributed by atoms with Crippen molar-refractivity contribution in [1.29, 1.82) is 0 Å². The monoisotopic (exact) mass is 385 g/mol. The van der Waals surface area contributed by atoms with Crippen molar-refractivity contribution in [3.63, 3.8) is 0 Å². The molecule has 0 N–H and O–H groups in total. The Bertz CT molecular complexity index is 999. The second-order valence-electron chi connectivity index (χ2n) is 6.99. The number of rotatable bonds is 5. The lowest BCUT2D eigenvalue weighted by atomic mass is 9.87. The van der Waals surface area contributed by atoms with Crippen LogP contribution in [0.15, 0.2) is 72.1 Å². The molecule has 0 saturated heterocycles. The van der Waals surface area contributed by atoms with Gasteiger partial charge in [-0.25, -0.2) is 13.2 Å². The van der Waals surface area contributed by atoms with Crippen LogP contribution in [-0.2, 0) is 21.2 Å². The van der Waals surface area contributed by atoms with E-state index in [1.807, 2.05) is 25.1 Å². The van der Waals surface area contributed by atoms with Crippen molar-refractivity contribution in [2.45, 2.75) is 31.4 Å². The van der Waals surface area contributed by atoms with Crippen LogP contribution in [0.2, 0.25) is 0 Å². The molecule has 0 fully saturated rings. The van der Waals surface area contributed by atoms with Gasteiger partial charge in [0.15, 0.2) is 0 Å². The zero-order chi connectivity index (χ0) is 19.7. The Labute approximate surface area is 160 Å². The average Bonchev–Trinajstić information content (AvgIpc) is 3.20. The first-order valence-electron chi connectivity index (χ1n) is 8.70. The lowest BCUT2D eigenvalue weighted by Crippen LogP contribution is -2.39. The van der Waals surface area contributed by atoms with Crippen LogP contribution >= 0.6 is 0 Å². The van der Waals surface area contributed by atoms with E-state index in [0.29, 0.717) is 18.4 Å². The molecule has 0 aliphatic heterocycles. The van der Waals surface area contributed by atoms with Crippen molar-refractivity contribution in [1.82, 2.24) is 3.97 Å². The summed E-state index contributed by atoms with van der Waals surface area (Å²) in [6.07, 6.45) is 7.85. The number of hydrogen-bond donors (Lipinski definition) is 0. The summed E-state index contributed by atoms with van der Waals surface area (Å²) in [5.74, 6) is -0.372. The molecule has 3 rings (SSSR count). The van der Waals surface area contributed by atoms with Crippen LogP contribution in [0.5, 0.6) is 0 Å². The molecule has 1 unspecified atom stereocenters. The number of nitrogens with zero attached hydrogens (tertiary/aromatic N) is 1. The van der Waals surface area contributed by atoms with Gasteiger partial charge >= 0.3 is 5.97 Å². The zero-order valence-corrected chi connectivity index (χ0v) is 16.5. The molecule has 2 aromatic rings. The van der Waals surface area contributed by atoms with Crippen LogP contribution in [0.3, 0.4) is 0 Å². The molecule has 142 valence electrons. The van der Waals surface area contributed by atoms with Gasteiger partial charge in [0.2, 0.25) is 10.0 Å². The Morgan fingerprint density at radius 2 is 1.81 bits per heavy atom. The van der Waals surface area contributed by atoms with Crippen molar-refractivity contribution < 1.29 is 17.9 Å². The highest BCUT2D eigenvalue weighted by atomic mass is 32.2. The van der Waals surface area contributed by atoms with Gasteiger partial charge in [-0.2, -0.15) is 0 Å². The summed E-state index contributed by atoms with van der Waals surface area (Å²) in [7, 11) is -2.20. The maximum atomic E-state index is 13.1. The predicted molar refractivity (Wildman–Crippen MR) is 105 cm³/mol. The molecule has 5 nitrogen and oxygen atoms in total.